The molecule has 1 fully saturated rings. The summed E-state index contributed by atoms with van der Waals surface area (Å²) in [6.45, 7) is 1.89. The minimum absolute atomic E-state index is 0.0726. The average molecular weight is 495 g/mol. The molecule has 1 amide bonds. The Kier molecular flexibility index (Phi) is 6.44. The normalized spacial score (nSPS) is 14.5. The number of benzene rings is 2. The van der Waals surface area contributed by atoms with Gasteiger partial charge in [-0.2, -0.15) is 0 Å². The first kappa shape index (κ1) is 22.7. The van der Waals surface area contributed by atoms with Gasteiger partial charge in [0.1, 0.15) is 17.3 Å². The number of ether oxygens (including phenoxy) is 1. The van der Waals surface area contributed by atoms with E-state index in [2.05, 4.69) is 14.5 Å². The number of piperidine rings is 1. The third-order valence-electron chi connectivity index (χ3n) is 6.36. The summed E-state index contributed by atoms with van der Waals surface area (Å²) in [4.78, 5) is 24.3. The Labute approximate surface area is 208 Å². The van der Waals surface area contributed by atoms with Crippen molar-refractivity contribution in [2.24, 2.45) is 0 Å². The number of nitrogens with zero attached hydrogens (tertiary/aromatic N) is 4. The highest BCUT2D eigenvalue weighted by Gasteiger charge is 2.28. The Morgan fingerprint density at radius 2 is 1.91 bits per heavy atom. The molecular formula is C26H24Cl2N4O2. The summed E-state index contributed by atoms with van der Waals surface area (Å²) in [5.41, 5.74) is 2.12. The van der Waals surface area contributed by atoms with Crippen molar-refractivity contribution in [3.63, 3.8) is 0 Å². The van der Waals surface area contributed by atoms with E-state index in [1.165, 1.54) is 0 Å². The van der Waals surface area contributed by atoms with Crippen molar-refractivity contribution in [2.45, 2.75) is 25.3 Å². The summed E-state index contributed by atoms with van der Waals surface area (Å²) >= 11 is 12.5. The van der Waals surface area contributed by atoms with Gasteiger partial charge in [0.15, 0.2) is 0 Å². The smallest absolute Gasteiger partial charge is 0.272 e. The fourth-order valence-corrected chi connectivity index (χ4v) is 4.96. The predicted octanol–water partition coefficient (Wildman–Crippen LogP) is 5.81. The third-order valence-corrected chi connectivity index (χ3v) is 6.96. The second kappa shape index (κ2) is 9.65. The second-order valence-corrected chi connectivity index (χ2v) is 9.29. The van der Waals surface area contributed by atoms with Crippen LogP contribution >= 0.6 is 23.2 Å². The summed E-state index contributed by atoms with van der Waals surface area (Å²) in [5.74, 6) is 1.85. The molecule has 174 valence electrons. The highest BCUT2D eigenvalue weighted by atomic mass is 35.5. The largest absolute Gasteiger partial charge is 0.496 e. The van der Waals surface area contributed by atoms with Crippen molar-refractivity contribution in [1.29, 1.82) is 0 Å². The minimum Gasteiger partial charge on any atom is -0.496 e. The molecule has 1 aliphatic heterocycles. The second-order valence-electron chi connectivity index (χ2n) is 8.44. The van der Waals surface area contributed by atoms with Crippen LogP contribution in [0, 0.1) is 0 Å². The van der Waals surface area contributed by atoms with Crippen LogP contribution in [0.1, 0.15) is 40.6 Å². The molecule has 2 aromatic carbocycles. The molecule has 1 aliphatic rings. The Bertz CT molecular complexity index is 1350. The van der Waals surface area contributed by atoms with Crippen molar-refractivity contribution < 1.29 is 9.53 Å². The van der Waals surface area contributed by atoms with Gasteiger partial charge in [-0.25, -0.2) is 9.97 Å². The van der Waals surface area contributed by atoms with E-state index in [0.717, 1.165) is 35.1 Å². The van der Waals surface area contributed by atoms with Gasteiger partial charge >= 0.3 is 0 Å². The van der Waals surface area contributed by atoms with E-state index in [4.69, 9.17) is 27.9 Å². The van der Waals surface area contributed by atoms with E-state index in [1.54, 1.807) is 19.2 Å². The monoisotopic (exact) mass is 494 g/mol. The Morgan fingerprint density at radius 1 is 1.12 bits per heavy atom. The zero-order valence-corrected chi connectivity index (χ0v) is 20.3. The van der Waals surface area contributed by atoms with Crippen LogP contribution in [0.5, 0.6) is 5.75 Å². The van der Waals surface area contributed by atoms with Crippen molar-refractivity contribution in [3.05, 3.63) is 88.1 Å². The van der Waals surface area contributed by atoms with Gasteiger partial charge in [0.25, 0.3) is 5.91 Å². The number of para-hydroxylation sites is 1. The number of halogens is 2. The van der Waals surface area contributed by atoms with Gasteiger partial charge in [-0.3, -0.25) is 4.79 Å². The molecule has 1 saturated heterocycles. The fourth-order valence-electron chi connectivity index (χ4n) is 4.59. The zero-order chi connectivity index (χ0) is 23.7. The molecule has 34 heavy (non-hydrogen) atoms. The van der Waals surface area contributed by atoms with E-state index in [9.17, 15) is 4.79 Å². The molecule has 0 aliphatic carbocycles. The summed E-state index contributed by atoms with van der Waals surface area (Å²) in [7, 11) is 1.61. The quantitative estimate of drug-likeness (QED) is 0.350. The molecule has 0 spiro atoms. The molecule has 5 rings (SSSR count). The molecule has 0 radical (unpaired) electrons. The summed E-state index contributed by atoms with van der Waals surface area (Å²) in [6.07, 6.45) is 5.44. The molecule has 0 bridgehead atoms. The van der Waals surface area contributed by atoms with Crippen LogP contribution in [0.25, 0.3) is 10.9 Å². The lowest BCUT2D eigenvalue weighted by Gasteiger charge is -2.32. The number of hydrogen-bond acceptors (Lipinski definition) is 4. The highest BCUT2D eigenvalue weighted by Crippen LogP contribution is 2.30. The number of hydrogen-bond donors (Lipinski definition) is 0. The van der Waals surface area contributed by atoms with Gasteiger partial charge in [0, 0.05) is 52.9 Å². The summed E-state index contributed by atoms with van der Waals surface area (Å²) in [5, 5.41) is 2.24. The maximum atomic E-state index is 13.2. The summed E-state index contributed by atoms with van der Waals surface area (Å²) < 4.78 is 7.63. The van der Waals surface area contributed by atoms with E-state index < -0.39 is 0 Å². The predicted molar refractivity (Wildman–Crippen MR) is 134 cm³/mol. The number of rotatable bonds is 5. The lowest BCUT2D eigenvalue weighted by atomic mass is 9.95. The van der Waals surface area contributed by atoms with Crippen LogP contribution in [0.4, 0.5) is 0 Å². The number of carbonyl (C=O) groups excluding carboxylic acids is 1. The number of fused-ring (bicyclic) bond motifs is 1. The zero-order valence-electron chi connectivity index (χ0n) is 18.7. The van der Waals surface area contributed by atoms with E-state index in [1.807, 2.05) is 53.7 Å². The Balaban J connectivity index is 1.30. The lowest BCUT2D eigenvalue weighted by Crippen LogP contribution is -2.38. The molecular weight excluding hydrogens is 471 g/mol. The van der Waals surface area contributed by atoms with Crippen LogP contribution in [0.2, 0.25) is 10.0 Å². The number of carbonyl (C=O) groups is 1. The first-order chi connectivity index (χ1) is 16.5. The number of imidazole rings is 1. The first-order valence-corrected chi connectivity index (χ1v) is 12.0. The lowest BCUT2D eigenvalue weighted by molar-refractivity contribution is 0.0704. The van der Waals surface area contributed by atoms with E-state index in [0.29, 0.717) is 41.1 Å². The maximum Gasteiger partial charge on any atom is 0.272 e. The van der Waals surface area contributed by atoms with Crippen LogP contribution in [-0.4, -0.2) is 45.5 Å². The first-order valence-electron chi connectivity index (χ1n) is 11.2. The molecule has 0 saturated carbocycles. The van der Waals surface area contributed by atoms with Gasteiger partial charge in [-0.1, -0.05) is 35.3 Å². The van der Waals surface area contributed by atoms with E-state index >= 15 is 0 Å². The number of pyridine rings is 1. The van der Waals surface area contributed by atoms with Gasteiger partial charge in [0.2, 0.25) is 0 Å². The fraction of sp³-hybridized carbons (Fsp3) is 0.269. The number of aromatic nitrogens is 3. The van der Waals surface area contributed by atoms with Crippen molar-refractivity contribution in [2.75, 3.05) is 20.2 Å². The van der Waals surface area contributed by atoms with Gasteiger partial charge in [-0.15, -0.1) is 0 Å². The number of likely N-dealkylation sites (tertiary alicyclic amines) is 1. The molecule has 0 N–H and O–H groups in total. The molecule has 0 atom stereocenters. The maximum absolute atomic E-state index is 13.2. The molecule has 4 aromatic rings. The summed E-state index contributed by atoms with van der Waals surface area (Å²) in [6, 6.07) is 14.9. The molecule has 8 heteroatoms. The SMILES string of the molecule is COc1cc(C(=O)N2CCC(c3nccn3Cc3cc(Cl)ccc3Cl)CC2)nc2ccccc12. The molecule has 2 aromatic heterocycles. The number of amides is 1. The van der Waals surface area contributed by atoms with Crippen LogP contribution < -0.4 is 4.74 Å². The van der Waals surface area contributed by atoms with Gasteiger partial charge in [-0.05, 0) is 48.7 Å². The van der Waals surface area contributed by atoms with Crippen LogP contribution in [-0.2, 0) is 6.54 Å². The van der Waals surface area contributed by atoms with Crippen molar-refractivity contribution >= 4 is 40.0 Å². The van der Waals surface area contributed by atoms with E-state index in [-0.39, 0.29) is 11.8 Å². The highest BCUT2D eigenvalue weighted by molar-refractivity contribution is 6.33. The topological polar surface area (TPSA) is 60.2 Å². The van der Waals surface area contributed by atoms with Crippen molar-refractivity contribution in [1.82, 2.24) is 19.4 Å². The van der Waals surface area contributed by atoms with Crippen molar-refractivity contribution in [3.8, 4) is 5.75 Å². The standard InChI is InChI=1S/C26H24Cl2N4O2/c1-34-24-15-23(30-22-5-3-2-4-20(22)24)26(33)31-11-8-17(9-12-31)25-29-10-13-32(25)16-18-14-19(27)6-7-21(18)28/h2-7,10,13-15,17H,8-9,11-12,16H2,1H3. The molecule has 3 heterocycles. The Hall–Kier alpha value is -3.09. The minimum atomic E-state index is -0.0726. The Morgan fingerprint density at radius 3 is 2.71 bits per heavy atom. The molecule has 0 unspecified atom stereocenters. The number of methoxy groups -OCH3 is 1. The van der Waals surface area contributed by atoms with Crippen LogP contribution in [0.3, 0.4) is 0 Å². The average Bonchev–Trinajstić information content (AvgIpc) is 3.33. The van der Waals surface area contributed by atoms with Gasteiger partial charge < -0.3 is 14.2 Å². The molecule has 6 nitrogen and oxygen atoms in total. The van der Waals surface area contributed by atoms with Gasteiger partial charge in [0.05, 0.1) is 19.2 Å². The third kappa shape index (κ3) is 4.48. The van der Waals surface area contributed by atoms with Crippen LogP contribution in [0.15, 0.2) is 60.9 Å².